The highest BCUT2D eigenvalue weighted by molar-refractivity contribution is 5.54. The Morgan fingerprint density at radius 1 is 0.812 bits per heavy atom. The highest BCUT2D eigenvalue weighted by Gasteiger charge is 2.31. The molecule has 0 aliphatic heterocycles. The van der Waals surface area contributed by atoms with Gasteiger partial charge in [0.25, 0.3) is 0 Å². The largest absolute Gasteiger partial charge is 0.0839 e. The van der Waals surface area contributed by atoms with Gasteiger partial charge in [0.2, 0.25) is 0 Å². The summed E-state index contributed by atoms with van der Waals surface area (Å²) in [5, 5.41) is 0. The quantitative estimate of drug-likeness (QED) is 0.552. The average Bonchev–Trinajstić information content (AvgIpc) is 2.36. The minimum absolute atomic E-state index is 0.702. The normalized spacial score (nSPS) is 32.9. The Hall–Kier alpha value is -1.04. The second-order valence-corrected chi connectivity index (χ2v) is 5.33. The van der Waals surface area contributed by atoms with Crippen LogP contribution in [0.3, 0.4) is 0 Å². The molecule has 0 radical (unpaired) electrons. The molecule has 0 bridgehead atoms. The molecule has 0 heterocycles. The lowest BCUT2D eigenvalue weighted by molar-refractivity contribution is 0.492. The van der Waals surface area contributed by atoms with Gasteiger partial charge in [-0.25, -0.2) is 0 Å². The smallest absolute Gasteiger partial charge is 0.0121 e. The first kappa shape index (κ1) is 10.1. The van der Waals surface area contributed by atoms with Gasteiger partial charge in [0.05, 0.1) is 0 Å². The molecule has 16 heavy (non-hydrogen) atoms. The van der Waals surface area contributed by atoms with Crippen LogP contribution in [-0.2, 0) is 0 Å². The molecular formula is C16H20. The van der Waals surface area contributed by atoms with E-state index in [1.54, 1.807) is 22.3 Å². The molecule has 84 valence electrons. The van der Waals surface area contributed by atoms with Crippen molar-refractivity contribution in [2.75, 3.05) is 0 Å². The van der Waals surface area contributed by atoms with Crippen LogP contribution in [0.15, 0.2) is 46.6 Å². The van der Waals surface area contributed by atoms with Crippen LogP contribution < -0.4 is 0 Å². The summed E-state index contributed by atoms with van der Waals surface area (Å²) in [7, 11) is 0. The van der Waals surface area contributed by atoms with Gasteiger partial charge in [-0.05, 0) is 59.8 Å². The summed E-state index contributed by atoms with van der Waals surface area (Å²) in [6.07, 6.45) is 14.5. The molecule has 0 aromatic rings. The topological polar surface area (TPSA) is 0 Å². The van der Waals surface area contributed by atoms with Gasteiger partial charge < -0.3 is 0 Å². The highest BCUT2D eigenvalue weighted by Crippen LogP contribution is 2.45. The molecule has 0 nitrogen and oxygen atoms in total. The fourth-order valence-corrected chi connectivity index (χ4v) is 3.41. The third-order valence-corrected chi connectivity index (χ3v) is 4.51. The molecule has 3 aliphatic carbocycles. The molecule has 3 aliphatic rings. The molecule has 0 aromatic heterocycles. The van der Waals surface area contributed by atoms with Crippen LogP contribution in [0.2, 0.25) is 0 Å². The monoisotopic (exact) mass is 212 g/mol. The standard InChI is InChI=1S/C16H20/c1-11-12(2)14-8-4-6-10-16(14)15-9-5-3-7-13(11)15/h3-4,7-8,11-12H,5-6,9-10H2,1-2H3. The minimum atomic E-state index is 0.702. The Kier molecular flexibility index (Phi) is 2.38. The first-order valence-corrected chi connectivity index (χ1v) is 6.58. The lowest BCUT2D eigenvalue weighted by Crippen LogP contribution is -2.22. The van der Waals surface area contributed by atoms with Crippen LogP contribution in [0.1, 0.15) is 39.5 Å². The maximum Gasteiger partial charge on any atom is -0.0121 e. The van der Waals surface area contributed by atoms with Gasteiger partial charge in [-0.15, -0.1) is 0 Å². The maximum atomic E-state index is 2.39. The zero-order chi connectivity index (χ0) is 11.1. The third kappa shape index (κ3) is 1.36. The molecule has 0 fully saturated rings. The van der Waals surface area contributed by atoms with E-state index in [0.29, 0.717) is 11.8 Å². The summed E-state index contributed by atoms with van der Waals surface area (Å²) in [6, 6.07) is 0. The lowest BCUT2D eigenvalue weighted by Gasteiger charge is -2.36. The number of hydrogen-bond donors (Lipinski definition) is 0. The van der Waals surface area contributed by atoms with E-state index in [-0.39, 0.29) is 0 Å². The molecule has 0 amide bonds. The maximum absolute atomic E-state index is 2.39. The second kappa shape index (κ2) is 3.76. The summed E-state index contributed by atoms with van der Waals surface area (Å²) >= 11 is 0. The Labute approximate surface area is 98.4 Å². The van der Waals surface area contributed by atoms with Crippen molar-refractivity contribution in [3.05, 3.63) is 46.6 Å². The van der Waals surface area contributed by atoms with Gasteiger partial charge in [-0.1, -0.05) is 38.2 Å². The summed E-state index contributed by atoms with van der Waals surface area (Å²) in [6.45, 7) is 4.78. The molecule has 0 spiro atoms. The Balaban J connectivity index is 2.15. The first-order chi connectivity index (χ1) is 7.79. The highest BCUT2D eigenvalue weighted by atomic mass is 14.4. The average molecular weight is 212 g/mol. The van der Waals surface area contributed by atoms with Crippen LogP contribution in [-0.4, -0.2) is 0 Å². The summed E-state index contributed by atoms with van der Waals surface area (Å²) < 4.78 is 0. The van der Waals surface area contributed by atoms with Gasteiger partial charge in [0, 0.05) is 0 Å². The van der Waals surface area contributed by atoms with Gasteiger partial charge in [0.1, 0.15) is 0 Å². The predicted octanol–water partition coefficient (Wildman–Crippen LogP) is 4.57. The number of rotatable bonds is 0. The summed E-state index contributed by atoms with van der Waals surface area (Å²) in [5.74, 6) is 1.40. The zero-order valence-electron chi connectivity index (χ0n) is 10.3. The van der Waals surface area contributed by atoms with E-state index < -0.39 is 0 Å². The van der Waals surface area contributed by atoms with Crippen LogP contribution in [0.25, 0.3) is 0 Å². The van der Waals surface area contributed by atoms with E-state index in [4.69, 9.17) is 0 Å². The van der Waals surface area contributed by atoms with Crippen LogP contribution >= 0.6 is 0 Å². The van der Waals surface area contributed by atoms with Crippen molar-refractivity contribution in [1.82, 2.24) is 0 Å². The number of hydrogen-bond acceptors (Lipinski definition) is 0. The lowest BCUT2D eigenvalue weighted by atomic mass is 9.68. The van der Waals surface area contributed by atoms with Crippen molar-refractivity contribution in [3.63, 3.8) is 0 Å². The van der Waals surface area contributed by atoms with E-state index >= 15 is 0 Å². The SMILES string of the molecule is CC1C2=C(CCC=C2)C2=C(C=CCC2)C1C. The van der Waals surface area contributed by atoms with Crippen LogP contribution in [0.5, 0.6) is 0 Å². The van der Waals surface area contributed by atoms with Crippen molar-refractivity contribution in [2.45, 2.75) is 39.5 Å². The molecule has 0 saturated heterocycles. The van der Waals surface area contributed by atoms with Crippen molar-refractivity contribution >= 4 is 0 Å². The molecule has 0 heteroatoms. The third-order valence-electron chi connectivity index (χ3n) is 4.51. The van der Waals surface area contributed by atoms with E-state index in [9.17, 15) is 0 Å². The second-order valence-electron chi connectivity index (χ2n) is 5.33. The van der Waals surface area contributed by atoms with Crippen molar-refractivity contribution in [3.8, 4) is 0 Å². The Morgan fingerprint density at radius 3 is 1.69 bits per heavy atom. The van der Waals surface area contributed by atoms with Crippen LogP contribution in [0.4, 0.5) is 0 Å². The molecular weight excluding hydrogens is 192 g/mol. The van der Waals surface area contributed by atoms with E-state index in [1.807, 2.05) is 0 Å². The van der Waals surface area contributed by atoms with Crippen molar-refractivity contribution in [2.24, 2.45) is 11.8 Å². The van der Waals surface area contributed by atoms with E-state index in [0.717, 1.165) is 0 Å². The Bertz CT molecular complexity index is 387. The van der Waals surface area contributed by atoms with Crippen LogP contribution in [0, 0.1) is 11.8 Å². The molecule has 0 saturated carbocycles. The Morgan fingerprint density at radius 2 is 1.25 bits per heavy atom. The van der Waals surface area contributed by atoms with Gasteiger partial charge in [-0.3, -0.25) is 0 Å². The number of fused-ring (bicyclic) bond motifs is 1. The fourth-order valence-electron chi connectivity index (χ4n) is 3.41. The van der Waals surface area contributed by atoms with E-state index in [1.165, 1.54) is 25.7 Å². The molecule has 2 unspecified atom stereocenters. The van der Waals surface area contributed by atoms with Gasteiger partial charge in [-0.2, -0.15) is 0 Å². The van der Waals surface area contributed by atoms with Crippen molar-refractivity contribution < 1.29 is 0 Å². The molecule has 0 N–H and O–H groups in total. The molecule has 0 aromatic carbocycles. The van der Waals surface area contributed by atoms with Crippen molar-refractivity contribution in [1.29, 1.82) is 0 Å². The zero-order valence-corrected chi connectivity index (χ0v) is 10.3. The van der Waals surface area contributed by atoms with Gasteiger partial charge >= 0.3 is 0 Å². The predicted molar refractivity (Wildman–Crippen MR) is 69.1 cm³/mol. The van der Waals surface area contributed by atoms with Gasteiger partial charge in [0.15, 0.2) is 0 Å². The summed E-state index contributed by atoms with van der Waals surface area (Å²) in [5.41, 5.74) is 6.64. The fraction of sp³-hybridized carbons (Fsp3) is 0.500. The molecule has 2 atom stereocenters. The summed E-state index contributed by atoms with van der Waals surface area (Å²) in [4.78, 5) is 0. The number of allylic oxidation sites excluding steroid dienone is 8. The first-order valence-electron chi connectivity index (χ1n) is 6.58. The minimum Gasteiger partial charge on any atom is -0.0839 e. The molecule has 3 rings (SSSR count). The van der Waals surface area contributed by atoms with E-state index in [2.05, 4.69) is 38.2 Å².